The first-order valence-electron chi connectivity index (χ1n) is 12.5. The molecule has 0 spiro atoms. The molecule has 8 heteroatoms. The summed E-state index contributed by atoms with van der Waals surface area (Å²) < 4.78 is 0. The van der Waals surface area contributed by atoms with Gasteiger partial charge >= 0.3 is 0 Å². The minimum Gasteiger partial charge on any atom is -0.353 e. The number of anilines is 3. The maximum atomic E-state index is 5.14. The van der Waals surface area contributed by atoms with E-state index in [9.17, 15) is 0 Å². The lowest BCUT2D eigenvalue weighted by Gasteiger charge is -2.30. The van der Waals surface area contributed by atoms with Gasteiger partial charge in [0.05, 0.1) is 17.2 Å². The van der Waals surface area contributed by atoms with Crippen molar-refractivity contribution in [2.75, 3.05) is 36.4 Å². The van der Waals surface area contributed by atoms with E-state index in [0.29, 0.717) is 17.6 Å². The van der Waals surface area contributed by atoms with Gasteiger partial charge in [-0.3, -0.25) is 4.98 Å². The van der Waals surface area contributed by atoms with E-state index >= 15 is 0 Å². The standard InChI is InChI=1S/C28H26N8/c1-2-4-22-19(3-1)7-8-24(32-22)34-25-15-20(9-10-31-25)27-33-23-17-30-16-21(18-5-6-18)26(23)28(35-27)36-13-11-29-12-14-36/h1-4,7-10,15-18,29H,5-6,11-14H2,(H,31,32,34). The molecule has 5 aromatic rings. The Bertz CT molecular complexity index is 1570. The molecular weight excluding hydrogens is 448 g/mol. The number of hydrogen-bond donors (Lipinski definition) is 2. The lowest BCUT2D eigenvalue weighted by atomic mass is 10.1. The fraction of sp³-hybridized carbons (Fsp3) is 0.250. The molecule has 1 aliphatic heterocycles. The molecule has 178 valence electrons. The first-order valence-corrected chi connectivity index (χ1v) is 12.5. The number of nitrogens with zero attached hydrogens (tertiary/aromatic N) is 6. The minimum absolute atomic E-state index is 0.573. The number of piperazine rings is 1. The van der Waals surface area contributed by atoms with Crippen molar-refractivity contribution >= 4 is 39.3 Å². The van der Waals surface area contributed by atoms with Crippen molar-refractivity contribution in [3.8, 4) is 11.4 Å². The van der Waals surface area contributed by atoms with Gasteiger partial charge in [-0.2, -0.15) is 0 Å². The minimum atomic E-state index is 0.573. The molecule has 2 fully saturated rings. The number of fused-ring (bicyclic) bond motifs is 2. The van der Waals surface area contributed by atoms with E-state index < -0.39 is 0 Å². The van der Waals surface area contributed by atoms with Crippen LogP contribution in [-0.2, 0) is 0 Å². The molecule has 0 bridgehead atoms. The van der Waals surface area contributed by atoms with Crippen LogP contribution in [0.5, 0.6) is 0 Å². The van der Waals surface area contributed by atoms with Crippen molar-refractivity contribution in [3.05, 3.63) is 72.7 Å². The van der Waals surface area contributed by atoms with Gasteiger partial charge in [-0.05, 0) is 54.7 Å². The van der Waals surface area contributed by atoms with Crippen molar-refractivity contribution in [3.63, 3.8) is 0 Å². The molecule has 5 heterocycles. The molecule has 2 N–H and O–H groups in total. The van der Waals surface area contributed by atoms with Gasteiger partial charge in [-0.1, -0.05) is 18.2 Å². The Morgan fingerprint density at radius 1 is 0.861 bits per heavy atom. The van der Waals surface area contributed by atoms with Crippen LogP contribution in [0, 0.1) is 0 Å². The van der Waals surface area contributed by atoms with Gasteiger partial charge < -0.3 is 15.5 Å². The summed E-state index contributed by atoms with van der Waals surface area (Å²) in [5.74, 6) is 3.72. The molecule has 36 heavy (non-hydrogen) atoms. The van der Waals surface area contributed by atoms with E-state index in [-0.39, 0.29) is 0 Å². The molecule has 1 saturated carbocycles. The molecule has 7 rings (SSSR count). The second-order valence-electron chi connectivity index (χ2n) is 9.45. The van der Waals surface area contributed by atoms with Crippen LogP contribution in [0.2, 0.25) is 0 Å². The molecule has 1 saturated heterocycles. The monoisotopic (exact) mass is 474 g/mol. The average molecular weight is 475 g/mol. The highest BCUT2D eigenvalue weighted by atomic mass is 15.2. The number of rotatable bonds is 5. The van der Waals surface area contributed by atoms with Crippen molar-refractivity contribution in [2.24, 2.45) is 0 Å². The zero-order valence-corrected chi connectivity index (χ0v) is 19.9. The summed E-state index contributed by atoms with van der Waals surface area (Å²) in [6.45, 7) is 3.75. The Balaban J connectivity index is 1.29. The van der Waals surface area contributed by atoms with Gasteiger partial charge in [0.25, 0.3) is 0 Å². The summed E-state index contributed by atoms with van der Waals surface area (Å²) in [4.78, 5) is 26.3. The second kappa shape index (κ2) is 8.80. The molecule has 8 nitrogen and oxygen atoms in total. The molecule has 1 aromatic carbocycles. The lowest BCUT2D eigenvalue weighted by Crippen LogP contribution is -2.44. The highest BCUT2D eigenvalue weighted by molar-refractivity contribution is 5.94. The van der Waals surface area contributed by atoms with Gasteiger partial charge in [0.15, 0.2) is 5.82 Å². The maximum absolute atomic E-state index is 5.14. The third-order valence-corrected chi connectivity index (χ3v) is 6.92. The Labute approximate surface area is 208 Å². The largest absolute Gasteiger partial charge is 0.353 e. The van der Waals surface area contributed by atoms with Crippen LogP contribution in [0.4, 0.5) is 17.5 Å². The third kappa shape index (κ3) is 3.99. The third-order valence-electron chi connectivity index (χ3n) is 6.92. The molecule has 0 radical (unpaired) electrons. The normalized spacial score (nSPS) is 15.9. The number of pyridine rings is 3. The van der Waals surface area contributed by atoms with Crippen LogP contribution in [-0.4, -0.2) is 51.1 Å². The van der Waals surface area contributed by atoms with Crippen molar-refractivity contribution in [1.29, 1.82) is 0 Å². The average Bonchev–Trinajstić information content (AvgIpc) is 3.78. The number of hydrogen-bond acceptors (Lipinski definition) is 8. The molecule has 2 aliphatic rings. The van der Waals surface area contributed by atoms with E-state index in [4.69, 9.17) is 15.0 Å². The van der Waals surface area contributed by atoms with Gasteiger partial charge in [0.1, 0.15) is 17.5 Å². The summed E-state index contributed by atoms with van der Waals surface area (Å²) >= 11 is 0. The van der Waals surface area contributed by atoms with Crippen molar-refractivity contribution < 1.29 is 0 Å². The maximum Gasteiger partial charge on any atom is 0.162 e. The summed E-state index contributed by atoms with van der Waals surface area (Å²) in [7, 11) is 0. The number of para-hydroxylation sites is 1. The smallest absolute Gasteiger partial charge is 0.162 e. The highest BCUT2D eigenvalue weighted by Gasteiger charge is 2.29. The SMILES string of the molecule is c1ccc2nc(Nc3cc(-c4nc(N5CCNCC5)c5c(C6CC6)cncc5n4)ccn3)ccc2c1. The summed E-state index contributed by atoms with van der Waals surface area (Å²) in [5.41, 5.74) is 4.03. The second-order valence-corrected chi connectivity index (χ2v) is 9.45. The fourth-order valence-electron chi connectivity index (χ4n) is 4.93. The van der Waals surface area contributed by atoms with Crippen molar-refractivity contribution in [2.45, 2.75) is 18.8 Å². The first-order chi connectivity index (χ1) is 17.8. The molecule has 4 aromatic heterocycles. The van der Waals surface area contributed by atoms with Gasteiger partial charge in [-0.25, -0.2) is 19.9 Å². The zero-order chi connectivity index (χ0) is 23.9. The predicted octanol–water partition coefficient (Wildman–Crippen LogP) is 4.67. The molecule has 0 unspecified atom stereocenters. The van der Waals surface area contributed by atoms with E-state index in [1.165, 1.54) is 18.4 Å². The summed E-state index contributed by atoms with van der Waals surface area (Å²) in [6, 6.07) is 16.0. The molecular formula is C28H26N8. The topological polar surface area (TPSA) is 91.8 Å². The van der Waals surface area contributed by atoms with Crippen LogP contribution in [0.1, 0.15) is 24.3 Å². The zero-order valence-electron chi connectivity index (χ0n) is 19.9. The van der Waals surface area contributed by atoms with Gasteiger partial charge in [-0.15, -0.1) is 0 Å². The van der Waals surface area contributed by atoms with Crippen LogP contribution in [0.25, 0.3) is 33.2 Å². The summed E-state index contributed by atoms with van der Waals surface area (Å²) in [6.07, 6.45) is 8.10. The van der Waals surface area contributed by atoms with Crippen LogP contribution >= 0.6 is 0 Å². The molecule has 1 aliphatic carbocycles. The van der Waals surface area contributed by atoms with Crippen LogP contribution in [0.3, 0.4) is 0 Å². The Hall–Kier alpha value is -4.17. The molecule has 0 amide bonds. The quantitative estimate of drug-likeness (QED) is 0.380. The highest BCUT2D eigenvalue weighted by Crippen LogP contribution is 2.44. The van der Waals surface area contributed by atoms with Crippen molar-refractivity contribution in [1.82, 2.24) is 30.2 Å². The van der Waals surface area contributed by atoms with Gasteiger partial charge in [0, 0.05) is 54.9 Å². The van der Waals surface area contributed by atoms with E-state index in [2.05, 4.69) is 37.6 Å². The predicted molar refractivity (Wildman–Crippen MR) is 143 cm³/mol. The first kappa shape index (κ1) is 21.1. The van der Waals surface area contributed by atoms with E-state index in [1.54, 1.807) is 6.20 Å². The van der Waals surface area contributed by atoms with Gasteiger partial charge in [0.2, 0.25) is 0 Å². The summed E-state index contributed by atoms with van der Waals surface area (Å²) in [5, 5.41) is 9.06. The Kier molecular flexibility index (Phi) is 5.17. The molecule has 0 atom stereocenters. The Morgan fingerprint density at radius 3 is 2.64 bits per heavy atom. The van der Waals surface area contributed by atoms with Crippen LogP contribution < -0.4 is 15.5 Å². The number of nitrogens with one attached hydrogen (secondary N) is 2. The van der Waals surface area contributed by atoms with E-state index in [1.807, 2.05) is 48.8 Å². The number of benzene rings is 1. The fourth-order valence-corrected chi connectivity index (χ4v) is 4.93. The van der Waals surface area contributed by atoms with Crippen LogP contribution in [0.15, 0.2) is 67.1 Å². The lowest BCUT2D eigenvalue weighted by molar-refractivity contribution is 0.586. The van der Waals surface area contributed by atoms with E-state index in [0.717, 1.165) is 65.2 Å². The Morgan fingerprint density at radius 2 is 1.75 bits per heavy atom. The number of aromatic nitrogens is 5.